The number of ether oxygens (including phenoxy) is 1. The van der Waals surface area contributed by atoms with Crippen molar-refractivity contribution in [3.63, 3.8) is 0 Å². The van der Waals surface area contributed by atoms with Gasteiger partial charge in [-0.1, -0.05) is 31.4 Å². The van der Waals surface area contributed by atoms with Gasteiger partial charge in [0.1, 0.15) is 18.5 Å². The highest BCUT2D eigenvalue weighted by molar-refractivity contribution is 7.98. The van der Waals surface area contributed by atoms with E-state index in [1.54, 1.807) is 0 Å². The molecule has 0 unspecified atom stereocenters. The molecule has 0 aliphatic heterocycles. The molecular weight excluding hydrogens is 332 g/mol. The first-order chi connectivity index (χ1) is 12.2. The van der Waals surface area contributed by atoms with E-state index in [2.05, 4.69) is 35.7 Å². The van der Waals surface area contributed by atoms with Gasteiger partial charge in [0.25, 0.3) is 0 Å². The van der Waals surface area contributed by atoms with Gasteiger partial charge in [0, 0.05) is 31.4 Å². The average molecular weight is 367 g/mol. The summed E-state index contributed by atoms with van der Waals surface area (Å²) >= 11 is 1.85. The van der Waals surface area contributed by atoms with E-state index in [1.807, 2.05) is 23.9 Å². The zero-order valence-electron chi connectivity index (χ0n) is 15.7. The molecule has 1 atom stereocenters. The van der Waals surface area contributed by atoms with Gasteiger partial charge in [-0.15, -0.1) is 0 Å². The van der Waals surface area contributed by atoms with Crippen LogP contribution in [0.2, 0.25) is 0 Å². The van der Waals surface area contributed by atoms with Crippen LogP contribution in [-0.4, -0.2) is 60.9 Å². The Bertz CT molecular complexity index is 481. The molecule has 0 heterocycles. The number of rotatable bonds is 11. The van der Waals surface area contributed by atoms with E-state index >= 15 is 0 Å². The summed E-state index contributed by atoms with van der Waals surface area (Å²) in [5.74, 6) is 1.96. The molecule has 1 aliphatic carbocycles. The van der Waals surface area contributed by atoms with E-state index < -0.39 is 6.10 Å². The Morgan fingerprint density at radius 2 is 2.12 bits per heavy atom. The van der Waals surface area contributed by atoms with Gasteiger partial charge >= 0.3 is 0 Å². The maximum absolute atomic E-state index is 10.3. The fraction of sp³-hybridized carbons (Fsp3) is 0.700. The van der Waals surface area contributed by atoms with Crippen LogP contribution in [0.15, 0.2) is 24.3 Å². The summed E-state index contributed by atoms with van der Waals surface area (Å²) in [6.45, 7) is 2.89. The van der Waals surface area contributed by atoms with Gasteiger partial charge in [-0.2, -0.15) is 11.8 Å². The Balaban J connectivity index is 1.70. The summed E-state index contributed by atoms with van der Waals surface area (Å²) in [4.78, 5) is 2.30. The first-order valence-corrected chi connectivity index (χ1v) is 10.9. The van der Waals surface area contributed by atoms with Gasteiger partial charge in [-0.3, -0.25) is 0 Å². The van der Waals surface area contributed by atoms with E-state index in [9.17, 15) is 5.11 Å². The number of benzene rings is 1. The molecule has 0 aromatic heterocycles. The first kappa shape index (κ1) is 20.6. The number of aliphatic hydroxyl groups is 1. The fourth-order valence-corrected chi connectivity index (χ4v) is 3.75. The van der Waals surface area contributed by atoms with Crippen molar-refractivity contribution in [2.75, 3.05) is 38.8 Å². The average Bonchev–Trinajstić information content (AvgIpc) is 2.65. The summed E-state index contributed by atoms with van der Waals surface area (Å²) in [6, 6.07) is 8.76. The van der Waals surface area contributed by atoms with E-state index in [1.165, 1.54) is 37.7 Å². The smallest absolute Gasteiger partial charge is 0.119 e. The Hall–Kier alpha value is -0.750. The normalized spacial score (nSPS) is 17.0. The van der Waals surface area contributed by atoms with E-state index in [4.69, 9.17) is 4.74 Å². The van der Waals surface area contributed by atoms with E-state index in [0.717, 1.165) is 24.6 Å². The molecule has 0 spiro atoms. The minimum atomic E-state index is -0.449. The zero-order chi connectivity index (χ0) is 17.9. The second-order valence-corrected chi connectivity index (χ2v) is 8.00. The molecule has 2 rings (SSSR count). The predicted octanol–water partition coefficient (Wildman–Crippen LogP) is 3.14. The number of hydrogen-bond donors (Lipinski definition) is 2. The van der Waals surface area contributed by atoms with Crippen LogP contribution in [0.4, 0.5) is 0 Å². The molecule has 5 heteroatoms. The molecule has 1 aromatic rings. The second kappa shape index (κ2) is 11.8. The number of likely N-dealkylation sites (N-methyl/N-ethyl adjacent to an activating group) is 1. The lowest BCUT2D eigenvalue weighted by Crippen LogP contribution is -2.40. The molecule has 1 saturated carbocycles. The Morgan fingerprint density at radius 3 is 2.88 bits per heavy atom. The third-order valence-electron chi connectivity index (χ3n) is 4.85. The van der Waals surface area contributed by atoms with E-state index in [-0.39, 0.29) is 0 Å². The van der Waals surface area contributed by atoms with Crippen molar-refractivity contribution in [3.05, 3.63) is 29.8 Å². The fourth-order valence-electron chi connectivity index (χ4n) is 3.40. The van der Waals surface area contributed by atoms with Gasteiger partial charge in [-0.05, 0) is 43.8 Å². The van der Waals surface area contributed by atoms with Crippen LogP contribution in [0.1, 0.15) is 37.7 Å². The number of nitrogens with zero attached hydrogens (tertiary/aromatic N) is 1. The SMILES string of the molecule is CSCCNCc1cccc(OC[C@@H](O)CN(C)C2CCCCC2)c1. The van der Waals surface area contributed by atoms with Crippen LogP contribution in [0.3, 0.4) is 0 Å². The highest BCUT2D eigenvalue weighted by Crippen LogP contribution is 2.21. The standard InChI is InChI=1S/C20H34N2O2S/c1-22(18-8-4-3-5-9-18)15-19(23)16-24-20-10-6-7-17(13-20)14-21-11-12-25-2/h6-7,10,13,18-19,21,23H,3-5,8-9,11-12,14-16H2,1-2H3/t19-/m0/s1. The molecule has 142 valence electrons. The van der Waals surface area contributed by atoms with Crippen molar-refractivity contribution < 1.29 is 9.84 Å². The minimum absolute atomic E-state index is 0.348. The van der Waals surface area contributed by atoms with Gasteiger partial charge < -0.3 is 20.1 Å². The number of thioether (sulfide) groups is 1. The van der Waals surface area contributed by atoms with Crippen LogP contribution in [0, 0.1) is 0 Å². The van der Waals surface area contributed by atoms with Crippen LogP contribution in [0.5, 0.6) is 5.75 Å². The summed E-state index contributed by atoms with van der Waals surface area (Å²) in [5.41, 5.74) is 1.22. The zero-order valence-corrected chi connectivity index (χ0v) is 16.6. The van der Waals surface area contributed by atoms with Crippen LogP contribution < -0.4 is 10.1 Å². The molecule has 0 radical (unpaired) electrons. The van der Waals surface area contributed by atoms with Crippen molar-refractivity contribution >= 4 is 11.8 Å². The third kappa shape index (κ3) is 7.99. The second-order valence-electron chi connectivity index (χ2n) is 7.01. The molecular formula is C20H34N2O2S. The minimum Gasteiger partial charge on any atom is -0.491 e. The molecule has 1 aromatic carbocycles. The van der Waals surface area contributed by atoms with Crippen molar-refractivity contribution in [1.29, 1.82) is 0 Å². The highest BCUT2D eigenvalue weighted by Gasteiger charge is 2.20. The maximum Gasteiger partial charge on any atom is 0.119 e. The molecule has 1 aliphatic rings. The predicted molar refractivity (Wildman–Crippen MR) is 108 cm³/mol. The molecule has 4 nitrogen and oxygen atoms in total. The Labute approximate surface area is 157 Å². The molecule has 0 saturated heterocycles. The largest absolute Gasteiger partial charge is 0.491 e. The third-order valence-corrected chi connectivity index (χ3v) is 5.46. The van der Waals surface area contributed by atoms with Gasteiger partial charge in [0.2, 0.25) is 0 Å². The lowest BCUT2D eigenvalue weighted by Gasteiger charge is -2.32. The molecule has 0 amide bonds. The van der Waals surface area contributed by atoms with Crippen molar-refractivity contribution in [2.24, 2.45) is 0 Å². The van der Waals surface area contributed by atoms with Gasteiger partial charge in [0.05, 0.1) is 0 Å². The molecule has 0 bridgehead atoms. The van der Waals surface area contributed by atoms with Crippen LogP contribution in [0.25, 0.3) is 0 Å². The summed E-state index contributed by atoms with van der Waals surface area (Å²) < 4.78 is 5.82. The highest BCUT2D eigenvalue weighted by atomic mass is 32.2. The lowest BCUT2D eigenvalue weighted by molar-refractivity contribution is 0.0561. The molecule has 1 fully saturated rings. The van der Waals surface area contributed by atoms with Crippen molar-refractivity contribution in [3.8, 4) is 5.75 Å². The number of hydrogen-bond acceptors (Lipinski definition) is 5. The van der Waals surface area contributed by atoms with Crippen LogP contribution >= 0.6 is 11.8 Å². The quantitative estimate of drug-likeness (QED) is 0.589. The number of aliphatic hydroxyl groups excluding tert-OH is 1. The molecule has 2 N–H and O–H groups in total. The molecule has 25 heavy (non-hydrogen) atoms. The first-order valence-electron chi connectivity index (χ1n) is 9.48. The maximum atomic E-state index is 10.3. The van der Waals surface area contributed by atoms with Gasteiger partial charge in [0.15, 0.2) is 0 Å². The van der Waals surface area contributed by atoms with E-state index in [0.29, 0.717) is 19.2 Å². The van der Waals surface area contributed by atoms with Gasteiger partial charge in [-0.25, -0.2) is 0 Å². The van der Waals surface area contributed by atoms with Crippen LogP contribution in [-0.2, 0) is 6.54 Å². The summed E-state index contributed by atoms with van der Waals surface area (Å²) in [6.07, 6.45) is 8.19. The lowest BCUT2D eigenvalue weighted by atomic mass is 9.94. The summed E-state index contributed by atoms with van der Waals surface area (Å²) in [7, 11) is 2.13. The summed E-state index contributed by atoms with van der Waals surface area (Å²) in [5, 5.41) is 13.7. The van der Waals surface area contributed by atoms with Crippen molar-refractivity contribution in [2.45, 2.75) is 50.8 Å². The topological polar surface area (TPSA) is 44.7 Å². The monoisotopic (exact) mass is 366 g/mol. The number of nitrogens with one attached hydrogen (secondary N) is 1. The van der Waals surface area contributed by atoms with Crippen molar-refractivity contribution in [1.82, 2.24) is 10.2 Å². The Morgan fingerprint density at radius 1 is 1.32 bits per heavy atom. The Kier molecular flexibility index (Phi) is 9.69.